The fourth-order valence-corrected chi connectivity index (χ4v) is 4.75. The van der Waals surface area contributed by atoms with Gasteiger partial charge in [-0.15, -0.1) is 0 Å². The molecule has 0 spiro atoms. The minimum atomic E-state index is -0.0562. The number of morpholine rings is 1. The lowest BCUT2D eigenvalue weighted by Crippen LogP contribution is -2.44. The number of anilines is 1. The summed E-state index contributed by atoms with van der Waals surface area (Å²) in [6.07, 6.45) is 2.28. The molecule has 1 unspecified atom stereocenters. The normalized spacial score (nSPS) is 18.1. The summed E-state index contributed by atoms with van der Waals surface area (Å²) in [4.78, 5) is 23.0. The van der Waals surface area contributed by atoms with Crippen LogP contribution in [0, 0.1) is 0 Å². The summed E-state index contributed by atoms with van der Waals surface area (Å²) in [7, 11) is 0. The van der Waals surface area contributed by atoms with Crippen molar-refractivity contribution in [3.05, 3.63) is 71.8 Å². The second-order valence-corrected chi connectivity index (χ2v) is 8.53. The highest BCUT2D eigenvalue weighted by Crippen LogP contribution is 2.27. The molecule has 2 aliphatic heterocycles. The molecule has 0 bridgehead atoms. The Balaban J connectivity index is 1.41. The predicted octanol–water partition coefficient (Wildman–Crippen LogP) is 3.64. The van der Waals surface area contributed by atoms with E-state index < -0.39 is 0 Å². The minimum Gasteiger partial charge on any atom is -0.379 e. The Morgan fingerprint density at radius 2 is 1.69 bits per heavy atom. The second-order valence-electron chi connectivity index (χ2n) is 8.53. The molecule has 5 rings (SSSR count). The maximum atomic E-state index is 13.5. The van der Waals surface area contributed by atoms with Crippen molar-refractivity contribution in [2.75, 3.05) is 50.8 Å². The number of benzene rings is 2. The van der Waals surface area contributed by atoms with E-state index in [1.807, 2.05) is 36.4 Å². The molecule has 1 N–H and O–H groups in total. The van der Waals surface area contributed by atoms with Gasteiger partial charge in [0, 0.05) is 38.1 Å². The maximum Gasteiger partial charge on any atom is 0.255 e. The molecule has 32 heavy (non-hydrogen) atoms. The third-order valence-electron chi connectivity index (χ3n) is 6.48. The topological polar surface area (TPSA) is 57.7 Å². The van der Waals surface area contributed by atoms with Gasteiger partial charge in [-0.25, -0.2) is 4.98 Å². The molecule has 6 heteroatoms. The highest BCUT2D eigenvalue weighted by molar-refractivity contribution is 6.02. The Labute approximate surface area is 189 Å². The van der Waals surface area contributed by atoms with Crippen LogP contribution in [0.3, 0.4) is 0 Å². The molecule has 0 radical (unpaired) electrons. The van der Waals surface area contributed by atoms with Crippen LogP contribution in [0.4, 0.5) is 5.82 Å². The molecule has 0 aliphatic carbocycles. The van der Waals surface area contributed by atoms with Crippen molar-refractivity contribution in [1.82, 2.24) is 15.2 Å². The average Bonchev–Trinajstić information content (AvgIpc) is 3.39. The van der Waals surface area contributed by atoms with E-state index in [1.165, 1.54) is 5.56 Å². The number of pyridine rings is 1. The quantitative estimate of drug-likeness (QED) is 0.647. The van der Waals surface area contributed by atoms with Gasteiger partial charge < -0.3 is 15.0 Å². The number of nitrogens with one attached hydrogen (secondary N) is 1. The number of hydrogen-bond acceptors (Lipinski definition) is 5. The molecular weight excluding hydrogens is 400 g/mol. The number of carbonyl (C=O) groups is 1. The van der Waals surface area contributed by atoms with Crippen molar-refractivity contribution in [2.24, 2.45) is 0 Å². The van der Waals surface area contributed by atoms with E-state index in [9.17, 15) is 4.79 Å². The number of rotatable bonds is 6. The number of hydrogen-bond donors (Lipinski definition) is 1. The molecule has 1 aromatic heterocycles. The van der Waals surface area contributed by atoms with Crippen molar-refractivity contribution >= 4 is 22.6 Å². The van der Waals surface area contributed by atoms with E-state index in [-0.39, 0.29) is 11.9 Å². The largest absolute Gasteiger partial charge is 0.379 e. The monoisotopic (exact) mass is 430 g/mol. The fraction of sp³-hybridized carbons (Fsp3) is 0.385. The van der Waals surface area contributed by atoms with Gasteiger partial charge in [-0.2, -0.15) is 0 Å². The molecule has 166 valence electrons. The summed E-state index contributed by atoms with van der Waals surface area (Å²) < 4.78 is 5.55. The molecule has 0 saturated carbocycles. The first-order valence-corrected chi connectivity index (χ1v) is 11.6. The van der Waals surface area contributed by atoms with E-state index in [1.54, 1.807) is 0 Å². The first-order valence-electron chi connectivity index (χ1n) is 11.6. The maximum absolute atomic E-state index is 13.5. The predicted molar refractivity (Wildman–Crippen MR) is 127 cm³/mol. The van der Waals surface area contributed by atoms with Crippen LogP contribution >= 0.6 is 0 Å². The third kappa shape index (κ3) is 4.47. The van der Waals surface area contributed by atoms with Gasteiger partial charge in [-0.1, -0.05) is 48.5 Å². The van der Waals surface area contributed by atoms with Gasteiger partial charge in [0.1, 0.15) is 5.82 Å². The van der Waals surface area contributed by atoms with E-state index in [0.29, 0.717) is 12.1 Å². The van der Waals surface area contributed by atoms with Crippen LogP contribution in [0.5, 0.6) is 0 Å². The highest BCUT2D eigenvalue weighted by Gasteiger charge is 2.26. The SMILES string of the molecule is O=C(NCC(c1ccccc1)N1CCOCC1)c1cc2ccccc2nc1N1CCCC1. The van der Waals surface area contributed by atoms with Crippen molar-refractivity contribution in [3.63, 3.8) is 0 Å². The summed E-state index contributed by atoms with van der Waals surface area (Å²) in [5, 5.41) is 4.23. The molecule has 1 atom stereocenters. The Morgan fingerprint density at radius 1 is 0.969 bits per heavy atom. The van der Waals surface area contributed by atoms with Crippen LogP contribution < -0.4 is 10.2 Å². The number of amides is 1. The zero-order chi connectivity index (χ0) is 21.8. The lowest BCUT2D eigenvalue weighted by atomic mass is 10.0. The van der Waals surface area contributed by atoms with Gasteiger partial charge in [0.15, 0.2) is 0 Å². The van der Waals surface area contributed by atoms with Crippen LogP contribution in [0.2, 0.25) is 0 Å². The van der Waals surface area contributed by atoms with Crippen LogP contribution in [0.1, 0.15) is 34.8 Å². The standard InChI is InChI=1S/C26H30N4O2/c31-26(27-19-24(20-8-2-1-3-9-20)29-14-16-32-17-15-29)22-18-21-10-4-5-11-23(21)28-25(22)30-12-6-7-13-30/h1-5,8-11,18,24H,6-7,12-17,19H2,(H,27,31). The lowest BCUT2D eigenvalue weighted by Gasteiger charge is -2.35. The zero-order valence-corrected chi connectivity index (χ0v) is 18.4. The molecule has 3 heterocycles. The van der Waals surface area contributed by atoms with Crippen LogP contribution in [-0.4, -0.2) is 61.7 Å². The van der Waals surface area contributed by atoms with E-state index in [2.05, 4.69) is 39.4 Å². The van der Waals surface area contributed by atoms with Crippen molar-refractivity contribution < 1.29 is 9.53 Å². The summed E-state index contributed by atoms with van der Waals surface area (Å²) in [5.74, 6) is 0.751. The van der Waals surface area contributed by atoms with Crippen LogP contribution in [0.25, 0.3) is 10.9 Å². The lowest BCUT2D eigenvalue weighted by molar-refractivity contribution is 0.0162. The average molecular weight is 431 g/mol. The Morgan fingerprint density at radius 3 is 2.47 bits per heavy atom. The van der Waals surface area contributed by atoms with Gasteiger partial charge in [0.2, 0.25) is 0 Å². The molecule has 2 aromatic carbocycles. The van der Waals surface area contributed by atoms with Crippen molar-refractivity contribution in [2.45, 2.75) is 18.9 Å². The Hall–Kier alpha value is -2.96. The van der Waals surface area contributed by atoms with Crippen molar-refractivity contribution in [3.8, 4) is 0 Å². The summed E-state index contributed by atoms with van der Waals surface area (Å²) in [6.45, 7) is 5.64. The van der Waals surface area contributed by atoms with Gasteiger partial charge >= 0.3 is 0 Å². The molecule has 2 fully saturated rings. The Kier molecular flexibility index (Phi) is 6.32. The number of aromatic nitrogens is 1. The molecular formula is C26H30N4O2. The van der Waals surface area contributed by atoms with Gasteiger partial charge in [-0.3, -0.25) is 9.69 Å². The molecule has 1 amide bonds. The smallest absolute Gasteiger partial charge is 0.255 e. The van der Waals surface area contributed by atoms with Crippen LogP contribution in [-0.2, 0) is 4.74 Å². The molecule has 2 aliphatic rings. The van der Waals surface area contributed by atoms with E-state index in [0.717, 1.165) is 69.0 Å². The summed E-state index contributed by atoms with van der Waals surface area (Å²) in [6, 6.07) is 20.6. The van der Waals surface area contributed by atoms with Gasteiger partial charge in [0.25, 0.3) is 5.91 Å². The van der Waals surface area contributed by atoms with Crippen molar-refractivity contribution in [1.29, 1.82) is 0 Å². The molecule has 6 nitrogen and oxygen atoms in total. The summed E-state index contributed by atoms with van der Waals surface area (Å²) in [5.41, 5.74) is 2.81. The highest BCUT2D eigenvalue weighted by atomic mass is 16.5. The Bertz CT molecular complexity index is 1060. The first kappa shape index (κ1) is 20.9. The van der Waals surface area contributed by atoms with Crippen LogP contribution in [0.15, 0.2) is 60.7 Å². The fourth-order valence-electron chi connectivity index (χ4n) is 4.75. The van der Waals surface area contributed by atoms with Gasteiger partial charge in [-0.05, 0) is 30.5 Å². The summed E-state index contributed by atoms with van der Waals surface area (Å²) >= 11 is 0. The number of ether oxygens (including phenoxy) is 1. The van der Waals surface area contributed by atoms with Gasteiger partial charge in [0.05, 0.1) is 30.3 Å². The number of fused-ring (bicyclic) bond motifs is 1. The minimum absolute atomic E-state index is 0.0562. The second kappa shape index (κ2) is 9.67. The van der Waals surface area contributed by atoms with E-state index in [4.69, 9.17) is 9.72 Å². The number of nitrogens with zero attached hydrogens (tertiary/aromatic N) is 3. The zero-order valence-electron chi connectivity index (χ0n) is 18.4. The molecule has 3 aromatic rings. The number of carbonyl (C=O) groups excluding carboxylic acids is 1. The first-order chi connectivity index (χ1) is 15.8. The van der Waals surface area contributed by atoms with E-state index >= 15 is 0 Å². The molecule has 2 saturated heterocycles. The number of para-hydroxylation sites is 1. The third-order valence-corrected chi connectivity index (χ3v) is 6.48.